The molecule has 3 aromatic rings. The Hall–Kier alpha value is -3.68. The lowest BCUT2D eigenvalue weighted by Gasteiger charge is -2.40. The van der Waals surface area contributed by atoms with E-state index in [9.17, 15) is 4.79 Å². The molecule has 3 aliphatic rings. The van der Waals surface area contributed by atoms with Gasteiger partial charge in [-0.15, -0.1) is 0 Å². The first kappa shape index (κ1) is 27.5. The molecule has 1 amide bonds. The highest BCUT2D eigenvalue weighted by molar-refractivity contribution is 6.01. The lowest BCUT2D eigenvalue weighted by molar-refractivity contribution is 0.000640. The van der Waals surface area contributed by atoms with Gasteiger partial charge < -0.3 is 29.6 Å². The molecule has 0 unspecified atom stereocenters. The van der Waals surface area contributed by atoms with Crippen LogP contribution >= 0.6 is 0 Å². The number of aromatic nitrogens is 4. The summed E-state index contributed by atoms with van der Waals surface area (Å²) in [6.45, 7) is 12.8. The molecule has 3 aliphatic heterocycles. The molecule has 41 heavy (non-hydrogen) atoms. The van der Waals surface area contributed by atoms with Crippen molar-refractivity contribution in [3.8, 4) is 22.8 Å². The summed E-state index contributed by atoms with van der Waals surface area (Å²) >= 11 is 0. The van der Waals surface area contributed by atoms with Crippen molar-refractivity contribution in [2.24, 2.45) is 0 Å². The first-order valence-corrected chi connectivity index (χ1v) is 14.2. The monoisotopic (exact) mass is 566 g/mol. The number of morpholine rings is 1. The number of nitrogens with two attached hydrogens (primary N) is 1. The summed E-state index contributed by atoms with van der Waals surface area (Å²) in [6, 6.07) is 4.21. The Kier molecular flexibility index (Phi) is 7.58. The number of piperidine rings is 1. The fourth-order valence-electron chi connectivity index (χ4n) is 5.76. The number of rotatable bonds is 6. The van der Waals surface area contributed by atoms with E-state index in [2.05, 4.69) is 25.1 Å². The van der Waals surface area contributed by atoms with Gasteiger partial charge in [0.05, 0.1) is 30.8 Å². The molecule has 220 valence electrons. The summed E-state index contributed by atoms with van der Waals surface area (Å²) in [5, 5.41) is 8.36. The van der Waals surface area contributed by atoms with Crippen LogP contribution in [0.1, 0.15) is 33.6 Å². The van der Waals surface area contributed by atoms with Gasteiger partial charge in [0.25, 0.3) is 0 Å². The molecule has 2 fully saturated rings. The third-order valence-corrected chi connectivity index (χ3v) is 7.72. The predicted molar refractivity (Wildman–Crippen MR) is 153 cm³/mol. The van der Waals surface area contributed by atoms with E-state index in [1.165, 1.54) is 6.33 Å². The van der Waals surface area contributed by atoms with Gasteiger partial charge in [-0.05, 0) is 58.8 Å². The van der Waals surface area contributed by atoms with Gasteiger partial charge in [-0.2, -0.15) is 5.10 Å². The molecule has 0 aliphatic carbocycles. The number of nitrogens with one attached hydrogen (secondary N) is 1. The third-order valence-electron chi connectivity index (χ3n) is 7.72. The first-order valence-electron chi connectivity index (χ1n) is 14.2. The fourth-order valence-corrected chi connectivity index (χ4v) is 5.76. The summed E-state index contributed by atoms with van der Waals surface area (Å²) in [5.74, 6) is 1.22. The number of carbonyl (C=O) groups excluding carboxylic acids is 1. The Morgan fingerprint density at radius 2 is 1.83 bits per heavy atom. The number of likely N-dealkylation sites (tertiary alicyclic amines) is 1. The minimum absolute atomic E-state index is 0.0143. The summed E-state index contributed by atoms with van der Waals surface area (Å²) in [7, 11) is 0. The van der Waals surface area contributed by atoms with Crippen LogP contribution in [0.5, 0.6) is 11.5 Å². The highest BCUT2D eigenvalue weighted by atomic mass is 16.7. The summed E-state index contributed by atoms with van der Waals surface area (Å²) in [5.41, 5.74) is 8.13. The molecular formula is C28H38N8O5. The van der Waals surface area contributed by atoms with E-state index < -0.39 is 11.7 Å². The van der Waals surface area contributed by atoms with Crippen molar-refractivity contribution in [3.63, 3.8) is 0 Å². The Balaban J connectivity index is 1.21. The molecule has 0 bridgehead atoms. The van der Waals surface area contributed by atoms with Gasteiger partial charge >= 0.3 is 6.09 Å². The Morgan fingerprint density at radius 3 is 2.59 bits per heavy atom. The lowest BCUT2D eigenvalue weighted by Crippen LogP contribution is -2.49. The number of anilines is 2. The Labute approximate surface area is 238 Å². The molecule has 0 saturated carbocycles. The zero-order valence-electron chi connectivity index (χ0n) is 23.9. The van der Waals surface area contributed by atoms with Gasteiger partial charge in [-0.25, -0.2) is 19.4 Å². The van der Waals surface area contributed by atoms with Gasteiger partial charge in [0.2, 0.25) is 6.79 Å². The summed E-state index contributed by atoms with van der Waals surface area (Å²) in [6.07, 6.45) is 3.20. The topological polar surface area (TPSA) is 142 Å². The Bertz CT molecular complexity index is 1410. The average molecular weight is 567 g/mol. The fraction of sp³-hybridized carbons (Fsp3) is 0.571. The van der Waals surface area contributed by atoms with Crippen molar-refractivity contribution >= 4 is 28.6 Å². The molecular weight excluding hydrogens is 528 g/mol. The molecule has 0 spiro atoms. The molecule has 6 rings (SSSR count). The number of nitrogen functional groups attached to an aromatic ring is 1. The van der Waals surface area contributed by atoms with Crippen LogP contribution in [0.4, 0.5) is 16.3 Å². The Morgan fingerprint density at radius 1 is 1.07 bits per heavy atom. The van der Waals surface area contributed by atoms with Gasteiger partial charge in [-0.1, -0.05) is 0 Å². The van der Waals surface area contributed by atoms with Crippen molar-refractivity contribution in [3.05, 3.63) is 18.5 Å². The zero-order chi connectivity index (χ0) is 28.6. The van der Waals surface area contributed by atoms with Crippen LogP contribution in [0.3, 0.4) is 0 Å². The third kappa shape index (κ3) is 5.88. The number of benzene rings is 1. The maximum atomic E-state index is 12.4. The van der Waals surface area contributed by atoms with Gasteiger partial charge in [-0.3, -0.25) is 10.2 Å². The SMILES string of the molecule is CC(C)(C)OC(=O)Nc1ccc(-c2nn(CCN3CCC(N4CCOCC4)CC3)c3ncnc(N)c23)c2c1OCO2. The van der Waals surface area contributed by atoms with Crippen LogP contribution in [-0.2, 0) is 16.0 Å². The van der Waals surface area contributed by atoms with Crippen LogP contribution in [0.2, 0.25) is 0 Å². The minimum atomic E-state index is -0.632. The molecule has 13 nitrogen and oxygen atoms in total. The molecule has 1 aromatic carbocycles. The maximum Gasteiger partial charge on any atom is 0.412 e. The van der Waals surface area contributed by atoms with Gasteiger partial charge in [0, 0.05) is 31.2 Å². The summed E-state index contributed by atoms with van der Waals surface area (Å²) < 4.78 is 24.4. The molecule has 0 radical (unpaired) electrons. The number of ether oxygens (including phenoxy) is 4. The number of hydrogen-bond donors (Lipinski definition) is 2. The zero-order valence-corrected chi connectivity index (χ0v) is 23.9. The second-order valence-corrected chi connectivity index (χ2v) is 11.6. The smallest absolute Gasteiger partial charge is 0.412 e. The standard InChI is InChI=1S/C28H38N8O5/c1-28(2,3)41-27(37)32-20-5-4-19(23-24(20)40-17-39-23)22-21-25(29)30-16-31-26(21)36(33-22)11-10-34-8-6-18(7-9-34)35-12-14-38-15-13-35/h4-5,16,18H,6-15,17H2,1-3H3,(H,32,37)(H2,29,30,31). The normalized spacial score (nSPS) is 18.6. The van der Waals surface area contributed by atoms with Crippen molar-refractivity contribution in [2.75, 3.05) is 63.8 Å². The van der Waals surface area contributed by atoms with E-state index >= 15 is 0 Å². The van der Waals surface area contributed by atoms with Gasteiger partial charge in [0.15, 0.2) is 17.1 Å². The van der Waals surface area contributed by atoms with E-state index in [0.717, 1.165) is 58.8 Å². The molecule has 3 N–H and O–H groups in total. The second-order valence-electron chi connectivity index (χ2n) is 11.6. The lowest BCUT2D eigenvalue weighted by atomic mass is 10.0. The molecule has 2 aromatic heterocycles. The van der Waals surface area contributed by atoms with E-state index in [1.54, 1.807) is 26.8 Å². The van der Waals surface area contributed by atoms with Crippen molar-refractivity contribution in [1.29, 1.82) is 0 Å². The van der Waals surface area contributed by atoms with Crippen molar-refractivity contribution in [2.45, 2.75) is 51.8 Å². The average Bonchev–Trinajstić information content (AvgIpc) is 3.59. The van der Waals surface area contributed by atoms with Crippen LogP contribution < -0.4 is 20.5 Å². The van der Waals surface area contributed by atoms with Crippen molar-refractivity contribution < 1.29 is 23.7 Å². The number of carbonyl (C=O) groups is 1. The summed E-state index contributed by atoms with van der Waals surface area (Å²) in [4.78, 5) is 26.3. The second kappa shape index (κ2) is 11.3. The first-order chi connectivity index (χ1) is 19.8. The number of nitrogens with zero attached hydrogens (tertiary/aromatic N) is 6. The number of amides is 1. The van der Waals surface area contributed by atoms with Crippen LogP contribution in [0, 0.1) is 0 Å². The largest absolute Gasteiger partial charge is 0.453 e. The highest BCUT2D eigenvalue weighted by Gasteiger charge is 2.29. The van der Waals surface area contributed by atoms with Crippen LogP contribution in [-0.4, -0.2) is 100 Å². The quantitative estimate of drug-likeness (QED) is 0.455. The molecule has 5 heterocycles. The highest BCUT2D eigenvalue weighted by Crippen LogP contribution is 2.47. The van der Waals surface area contributed by atoms with E-state index in [4.69, 9.17) is 29.8 Å². The number of hydrogen-bond acceptors (Lipinski definition) is 11. The van der Waals surface area contributed by atoms with Crippen LogP contribution in [0.25, 0.3) is 22.3 Å². The van der Waals surface area contributed by atoms with E-state index in [0.29, 0.717) is 57.9 Å². The van der Waals surface area contributed by atoms with Crippen molar-refractivity contribution in [1.82, 2.24) is 29.5 Å². The molecule has 0 atom stereocenters. The molecule has 13 heteroatoms. The van der Waals surface area contributed by atoms with E-state index in [1.807, 2.05) is 10.7 Å². The van der Waals surface area contributed by atoms with Gasteiger partial charge in [0.1, 0.15) is 23.4 Å². The van der Waals surface area contributed by atoms with E-state index in [-0.39, 0.29) is 6.79 Å². The maximum absolute atomic E-state index is 12.4. The van der Waals surface area contributed by atoms with Crippen LogP contribution in [0.15, 0.2) is 18.5 Å². The molecule has 2 saturated heterocycles. The number of fused-ring (bicyclic) bond motifs is 2. The predicted octanol–water partition coefficient (Wildman–Crippen LogP) is 2.95. The minimum Gasteiger partial charge on any atom is -0.453 e.